The van der Waals surface area contributed by atoms with Crippen molar-refractivity contribution in [1.82, 2.24) is 5.32 Å². The number of ether oxygens (including phenoxy) is 1. The smallest absolute Gasteiger partial charge is 0.329 e. The molecule has 1 amide bonds. The van der Waals surface area contributed by atoms with Crippen LogP contribution >= 0.6 is 0 Å². The molecule has 0 saturated carbocycles. The van der Waals surface area contributed by atoms with Crippen LogP contribution in [-0.4, -0.2) is 35.7 Å². The van der Waals surface area contributed by atoms with Gasteiger partial charge in [0.05, 0.1) is 11.3 Å². The van der Waals surface area contributed by atoms with E-state index in [9.17, 15) is 14.7 Å². The molecule has 1 heterocycles. The summed E-state index contributed by atoms with van der Waals surface area (Å²) in [6, 6.07) is 5.21. The third-order valence-corrected chi connectivity index (χ3v) is 3.89. The predicted octanol–water partition coefficient (Wildman–Crippen LogP) is 1.86. The number of aliphatic carboxylic acids is 1. The van der Waals surface area contributed by atoms with E-state index >= 15 is 0 Å². The lowest BCUT2D eigenvalue weighted by atomic mass is 9.92. The van der Waals surface area contributed by atoms with Crippen molar-refractivity contribution in [2.45, 2.75) is 32.2 Å². The molecule has 6 heteroatoms. The maximum atomic E-state index is 12.5. The fourth-order valence-electron chi connectivity index (χ4n) is 2.42. The number of carbonyl (C=O) groups excluding carboxylic acids is 1. The first kappa shape index (κ1) is 15.2. The van der Waals surface area contributed by atoms with Crippen molar-refractivity contribution >= 4 is 17.6 Å². The minimum absolute atomic E-state index is 0.318. The SMILES string of the molecule is CCC(CC)(NC(=O)c1cccc2c1OCCN2)C(=O)O. The lowest BCUT2D eigenvalue weighted by molar-refractivity contribution is -0.144. The van der Waals surface area contributed by atoms with Gasteiger partial charge in [0.1, 0.15) is 12.1 Å². The number of carboxylic acid groups (broad SMARTS) is 1. The summed E-state index contributed by atoms with van der Waals surface area (Å²) in [5.74, 6) is -0.973. The van der Waals surface area contributed by atoms with Crippen molar-refractivity contribution in [2.24, 2.45) is 0 Å². The van der Waals surface area contributed by atoms with Crippen molar-refractivity contribution < 1.29 is 19.4 Å². The highest BCUT2D eigenvalue weighted by Gasteiger charge is 2.37. The second-order valence-electron chi connectivity index (χ2n) is 5.01. The lowest BCUT2D eigenvalue weighted by Crippen LogP contribution is -2.53. The van der Waals surface area contributed by atoms with Crippen LogP contribution in [0.5, 0.6) is 5.75 Å². The number of hydrogen-bond donors (Lipinski definition) is 3. The molecule has 0 saturated heterocycles. The Labute approximate surface area is 123 Å². The van der Waals surface area contributed by atoms with Gasteiger partial charge in [0.2, 0.25) is 0 Å². The fraction of sp³-hybridized carbons (Fsp3) is 0.467. The van der Waals surface area contributed by atoms with Gasteiger partial charge in [-0.2, -0.15) is 0 Å². The van der Waals surface area contributed by atoms with Crippen LogP contribution in [0, 0.1) is 0 Å². The number of carbonyl (C=O) groups is 2. The molecule has 2 rings (SSSR count). The zero-order chi connectivity index (χ0) is 15.5. The predicted molar refractivity (Wildman–Crippen MR) is 78.8 cm³/mol. The molecule has 0 aromatic heterocycles. The van der Waals surface area contributed by atoms with Crippen molar-refractivity contribution in [3.8, 4) is 5.75 Å². The molecule has 1 aliphatic rings. The highest BCUT2D eigenvalue weighted by molar-refractivity contribution is 6.01. The van der Waals surface area contributed by atoms with Crippen LogP contribution < -0.4 is 15.4 Å². The standard InChI is InChI=1S/C15H20N2O4/c1-3-15(4-2,14(19)20)17-13(18)10-6-5-7-11-12(10)21-9-8-16-11/h5-7,16H,3-4,8-9H2,1-2H3,(H,17,18)(H,19,20). The number of benzene rings is 1. The molecule has 3 N–H and O–H groups in total. The zero-order valence-electron chi connectivity index (χ0n) is 12.2. The van der Waals surface area contributed by atoms with Gasteiger partial charge >= 0.3 is 5.97 Å². The van der Waals surface area contributed by atoms with Crippen LogP contribution in [0.15, 0.2) is 18.2 Å². The average molecular weight is 292 g/mol. The number of para-hydroxylation sites is 1. The second-order valence-corrected chi connectivity index (χ2v) is 5.01. The van der Waals surface area contributed by atoms with Gasteiger partial charge in [0, 0.05) is 6.54 Å². The molecule has 0 aliphatic carbocycles. The minimum atomic E-state index is -1.25. The van der Waals surface area contributed by atoms with Gasteiger partial charge in [0.15, 0.2) is 5.75 Å². The van der Waals surface area contributed by atoms with Crippen molar-refractivity contribution in [2.75, 3.05) is 18.5 Å². The van der Waals surface area contributed by atoms with Crippen LogP contribution in [0.25, 0.3) is 0 Å². The van der Waals surface area contributed by atoms with E-state index in [1.807, 2.05) is 6.07 Å². The highest BCUT2D eigenvalue weighted by atomic mass is 16.5. The Balaban J connectivity index is 2.30. The van der Waals surface area contributed by atoms with E-state index in [1.165, 1.54) is 0 Å². The maximum absolute atomic E-state index is 12.5. The number of fused-ring (bicyclic) bond motifs is 1. The normalized spacial score (nSPS) is 13.6. The fourth-order valence-corrected chi connectivity index (χ4v) is 2.42. The van der Waals surface area contributed by atoms with Crippen molar-refractivity contribution in [1.29, 1.82) is 0 Å². The third kappa shape index (κ3) is 2.79. The molecule has 114 valence electrons. The Kier molecular flexibility index (Phi) is 4.35. The first-order valence-corrected chi connectivity index (χ1v) is 7.09. The first-order chi connectivity index (χ1) is 10.0. The van der Waals surface area contributed by atoms with E-state index < -0.39 is 17.4 Å². The van der Waals surface area contributed by atoms with Crippen LogP contribution in [0.3, 0.4) is 0 Å². The molecule has 0 atom stereocenters. The van der Waals surface area contributed by atoms with E-state index in [4.69, 9.17) is 4.74 Å². The Bertz CT molecular complexity index is 553. The summed E-state index contributed by atoms with van der Waals surface area (Å²) in [5.41, 5.74) is -0.142. The van der Waals surface area contributed by atoms with Gasteiger partial charge in [0.25, 0.3) is 5.91 Å². The van der Waals surface area contributed by atoms with Gasteiger partial charge in [-0.05, 0) is 25.0 Å². The van der Waals surface area contributed by atoms with Crippen LogP contribution in [0.4, 0.5) is 5.69 Å². The van der Waals surface area contributed by atoms with Crippen LogP contribution in [-0.2, 0) is 4.79 Å². The summed E-state index contributed by atoms with van der Waals surface area (Å²) in [4.78, 5) is 24.0. The summed E-state index contributed by atoms with van der Waals surface area (Å²) >= 11 is 0. The quantitative estimate of drug-likeness (QED) is 0.771. The Morgan fingerprint density at radius 1 is 1.38 bits per heavy atom. The Hall–Kier alpha value is -2.24. The average Bonchev–Trinajstić information content (AvgIpc) is 2.51. The Morgan fingerprint density at radius 3 is 2.71 bits per heavy atom. The molecule has 0 unspecified atom stereocenters. The number of anilines is 1. The summed E-state index contributed by atoms with van der Waals surface area (Å²) in [7, 11) is 0. The van der Waals surface area contributed by atoms with Gasteiger partial charge in [-0.25, -0.2) is 4.79 Å². The van der Waals surface area contributed by atoms with Gasteiger partial charge in [-0.15, -0.1) is 0 Å². The van der Waals surface area contributed by atoms with E-state index in [-0.39, 0.29) is 0 Å². The summed E-state index contributed by atoms with van der Waals surface area (Å²) < 4.78 is 5.55. The lowest BCUT2D eigenvalue weighted by Gasteiger charge is -2.29. The number of nitrogens with one attached hydrogen (secondary N) is 2. The largest absolute Gasteiger partial charge is 0.489 e. The topological polar surface area (TPSA) is 87.7 Å². The monoisotopic (exact) mass is 292 g/mol. The summed E-state index contributed by atoms with van der Waals surface area (Å²) in [5, 5.41) is 15.2. The Morgan fingerprint density at radius 2 is 2.10 bits per heavy atom. The number of amides is 1. The van der Waals surface area contributed by atoms with Gasteiger partial charge < -0.3 is 20.5 Å². The molecule has 21 heavy (non-hydrogen) atoms. The molecular weight excluding hydrogens is 272 g/mol. The molecule has 0 radical (unpaired) electrons. The van der Waals surface area contributed by atoms with E-state index in [2.05, 4.69) is 10.6 Å². The molecule has 6 nitrogen and oxygen atoms in total. The highest BCUT2D eigenvalue weighted by Crippen LogP contribution is 2.31. The van der Waals surface area contributed by atoms with Crippen molar-refractivity contribution in [3.05, 3.63) is 23.8 Å². The number of carboxylic acids is 1. The minimum Gasteiger partial charge on any atom is -0.489 e. The third-order valence-electron chi connectivity index (χ3n) is 3.89. The van der Waals surface area contributed by atoms with E-state index in [0.29, 0.717) is 37.3 Å². The number of hydrogen-bond acceptors (Lipinski definition) is 4. The first-order valence-electron chi connectivity index (χ1n) is 7.09. The molecule has 0 fully saturated rings. The zero-order valence-corrected chi connectivity index (χ0v) is 12.2. The summed E-state index contributed by atoms with van der Waals surface area (Å²) in [6.45, 7) is 4.65. The van der Waals surface area contributed by atoms with Gasteiger partial charge in [-0.1, -0.05) is 19.9 Å². The number of rotatable bonds is 5. The molecule has 1 aliphatic heterocycles. The molecule has 0 spiro atoms. The van der Waals surface area contributed by atoms with Crippen LogP contribution in [0.2, 0.25) is 0 Å². The van der Waals surface area contributed by atoms with Gasteiger partial charge in [-0.3, -0.25) is 4.79 Å². The second kappa shape index (κ2) is 6.03. The molecular formula is C15H20N2O4. The molecule has 1 aromatic carbocycles. The van der Waals surface area contributed by atoms with E-state index in [0.717, 1.165) is 5.69 Å². The van der Waals surface area contributed by atoms with Crippen molar-refractivity contribution in [3.63, 3.8) is 0 Å². The van der Waals surface area contributed by atoms with E-state index in [1.54, 1.807) is 26.0 Å². The molecule has 0 bridgehead atoms. The van der Waals surface area contributed by atoms with Crippen LogP contribution in [0.1, 0.15) is 37.0 Å². The summed E-state index contributed by atoms with van der Waals surface area (Å²) in [6.07, 6.45) is 0.636. The maximum Gasteiger partial charge on any atom is 0.329 e. The molecule has 1 aromatic rings.